The molecule has 0 aliphatic carbocycles. The van der Waals surface area contributed by atoms with Gasteiger partial charge in [0, 0.05) is 12.1 Å². The zero-order valence-corrected chi connectivity index (χ0v) is 17.1. The molecule has 7 N–H and O–H groups in total. The average Bonchev–Trinajstić information content (AvgIpc) is 2.74. The monoisotopic (exact) mass is 468 g/mol. The summed E-state index contributed by atoms with van der Waals surface area (Å²) in [6.07, 6.45) is -7.52. The van der Waals surface area contributed by atoms with Gasteiger partial charge in [0.25, 0.3) is 0 Å². The SMILES string of the molecule is OC[C@H]1OC(Oc2cc3c(O)cc(O)cc3[o+]c2-c2ccc(O)cc2)[C@H](O)[C@@H](O)[C@H]1O.[Cl-]. The van der Waals surface area contributed by atoms with E-state index in [0.717, 1.165) is 6.07 Å². The van der Waals surface area contributed by atoms with Crippen molar-refractivity contribution < 1.29 is 62.0 Å². The van der Waals surface area contributed by atoms with Crippen LogP contribution < -0.4 is 17.1 Å². The van der Waals surface area contributed by atoms with E-state index in [9.17, 15) is 35.7 Å². The standard InChI is InChI=1S/C21H20O10.ClH/c22-8-16-17(26)18(27)19(28)21(31-16)30-15-7-12-13(25)5-11(24)6-14(12)29-20(15)9-1-3-10(23)4-2-9;/h1-7,16-19,21-22,26-28H,8H2,(H2-,23,24,25);1H/t16-,17+,18+,19-,21?;/m1./s1. The first-order valence-corrected chi connectivity index (χ1v) is 9.38. The zero-order valence-electron chi connectivity index (χ0n) is 16.4. The number of fused-ring (bicyclic) bond motifs is 1. The Morgan fingerprint density at radius 1 is 0.875 bits per heavy atom. The van der Waals surface area contributed by atoms with Crippen molar-refractivity contribution in [3.63, 3.8) is 0 Å². The largest absolute Gasteiger partial charge is 1.00 e. The summed E-state index contributed by atoms with van der Waals surface area (Å²) < 4.78 is 17.0. The van der Waals surface area contributed by atoms with Gasteiger partial charge >= 0.3 is 11.3 Å². The maximum absolute atomic E-state index is 10.3. The lowest BCUT2D eigenvalue weighted by molar-refractivity contribution is -0.277. The van der Waals surface area contributed by atoms with Crippen LogP contribution in [-0.4, -0.2) is 73.1 Å². The van der Waals surface area contributed by atoms with Crippen molar-refractivity contribution in [2.75, 3.05) is 6.61 Å². The van der Waals surface area contributed by atoms with Gasteiger partial charge in [-0.15, -0.1) is 0 Å². The molecule has 1 aliphatic heterocycles. The Kier molecular flexibility index (Phi) is 6.94. The Labute approximate surface area is 187 Å². The zero-order chi connectivity index (χ0) is 22.3. The quantitative estimate of drug-likeness (QED) is 0.206. The minimum atomic E-state index is -1.66. The van der Waals surface area contributed by atoms with E-state index in [4.69, 9.17) is 13.9 Å². The van der Waals surface area contributed by atoms with Gasteiger partial charge in [0.15, 0.2) is 0 Å². The number of phenolic OH excluding ortho intramolecular Hbond substituents is 3. The highest BCUT2D eigenvalue weighted by molar-refractivity contribution is 5.88. The van der Waals surface area contributed by atoms with Gasteiger partial charge < -0.3 is 57.6 Å². The van der Waals surface area contributed by atoms with Gasteiger partial charge in [0.05, 0.1) is 18.2 Å². The van der Waals surface area contributed by atoms with Crippen molar-refractivity contribution in [2.24, 2.45) is 0 Å². The summed E-state index contributed by atoms with van der Waals surface area (Å²) in [5.41, 5.74) is 0.573. The number of aliphatic hydroxyl groups is 4. The lowest BCUT2D eigenvalue weighted by Gasteiger charge is -2.39. The van der Waals surface area contributed by atoms with Gasteiger partial charge in [-0.25, -0.2) is 4.42 Å². The van der Waals surface area contributed by atoms with Gasteiger partial charge in [-0.05, 0) is 24.3 Å². The number of benzene rings is 2. The van der Waals surface area contributed by atoms with Gasteiger partial charge in [-0.1, -0.05) is 0 Å². The highest BCUT2D eigenvalue weighted by Gasteiger charge is 2.45. The highest BCUT2D eigenvalue weighted by atomic mass is 35.5. The summed E-state index contributed by atoms with van der Waals surface area (Å²) in [7, 11) is 0. The van der Waals surface area contributed by atoms with E-state index < -0.39 is 37.3 Å². The van der Waals surface area contributed by atoms with Crippen LogP contribution in [0.3, 0.4) is 0 Å². The predicted octanol–water partition coefficient (Wildman–Crippen LogP) is -2.32. The molecule has 0 bridgehead atoms. The molecule has 1 fully saturated rings. The average molecular weight is 469 g/mol. The Bertz CT molecular complexity index is 1090. The van der Waals surface area contributed by atoms with E-state index in [1.165, 1.54) is 36.4 Å². The van der Waals surface area contributed by atoms with E-state index in [1.807, 2.05) is 0 Å². The molecular formula is C21H21ClO10. The first-order valence-electron chi connectivity index (χ1n) is 9.38. The summed E-state index contributed by atoms with van der Waals surface area (Å²) in [5, 5.41) is 69.4. The van der Waals surface area contributed by atoms with Crippen molar-refractivity contribution >= 4 is 11.0 Å². The number of hydrogen-bond donors (Lipinski definition) is 7. The third-order valence-electron chi connectivity index (χ3n) is 5.04. The van der Waals surface area contributed by atoms with Gasteiger partial charge in [-0.2, -0.15) is 0 Å². The first kappa shape index (κ1) is 23.8. The normalized spacial score (nSPS) is 25.3. The molecule has 5 atom stereocenters. The Hall–Kier alpha value is -2.86. The first-order chi connectivity index (χ1) is 14.8. The van der Waals surface area contributed by atoms with E-state index in [0.29, 0.717) is 5.56 Å². The van der Waals surface area contributed by atoms with Crippen LogP contribution in [0.2, 0.25) is 0 Å². The summed E-state index contributed by atoms with van der Waals surface area (Å²) in [6, 6.07) is 9.66. The fraction of sp³-hybridized carbons (Fsp3) is 0.286. The lowest BCUT2D eigenvalue weighted by Crippen LogP contribution is -3.00. The highest BCUT2D eigenvalue weighted by Crippen LogP contribution is 2.40. The molecule has 1 aromatic heterocycles. The molecule has 0 radical (unpaired) electrons. The van der Waals surface area contributed by atoms with Crippen molar-refractivity contribution in [1.29, 1.82) is 0 Å². The molecule has 0 amide bonds. The van der Waals surface area contributed by atoms with Crippen molar-refractivity contribution in [1.82, 2.24) is 0 Å². The minimum absolute atomic E-state index is 0. The van der Waals surface area contributed by atoms with Crippen molar-refractivity contribution in [3.8, 4) is 34.3 Å². The molecule has 1 unspecified atom stereocenters. The third kappa shape index (κ3) is 4.37. The molecule has 172 valence electrons. The summed E-state index contributed by atoms with van der Waals surface area (Å²) >= 11 is 0. The Balaban J connectivity index is 0.00000289. The second kappa shape index (κ2) is 9.33. The molecule has 1 saturated heterocycles. The minimum Gasteiger partial charge on any atom is -1.00 e. The number of phenols is 3. The molecule has 1 aliphatic rings. The fourth-order valence-corrected chi connectivity index (χ4v) is 3.38. The van der Waals surface area contributed by atoms with Gasteiger partial charge in [0.1, 0.15) is 47.1 Å². The van der Waals surface area contributed by atoms with Crippen LogP contribution in [0.5, 0.6) is 23.0 Å². The number of halogens is 1. The second-order valence-corrected chi connectivity index (χ2v) is 7.18. The topological polar surface area (TPSA) is 171 Å². The Morgan fingerprint density at radius 2 is 1.56 bits per heavy atom. The van der Waals surface area contributed by atoms with Gasteiger partial charge in [-0.3, -0.25) is 0 Å². The van der Waals surface area contributed by atoms with Crippen LogP contribution in [0, 0.1) is 0 Å². The second-order valence-electron chi connectivity index (χ2n) is 7.18. The molecule has 11 heteroatoms. The van der Waals surface area contributed by atoms with Crippen molar-refractivity contribution in [3.05, 3.63) is 42.5 Å². The van der Waals surface area contributed by atoms with Crippen LogP contribution in [0.15, 0.2) is 46.9 Å². The van der Waals surface area contributed by atoms with E-state index >= 15 is 0 Å². The van der Waals surface area contributed by atoms with E-state index in [2.05, 4.69) is 0 Å². The maximum Gasteiger partial charge on any atom is 0.402 e. The number of aromatic hydroxyl groups is 3. The maximum atomic E-state index is 10.3. The fourth-order valence-electron chi connectivity index (χ4n) is 3.38. The molecule has 4 rings (SSSR count). The number of aliphatic hydroxyl groups excluding tert-OH is 4. The molecule has 32 heavy (non-hydrogen) atoms. The summed E-state index contributed by atoms with van der Waals surface area (Å²) in [4.78, 5) is 0. The third-order valence-corrected chi connectivity index (χ3v) is 5.04. The number of rotatable bonds is 4. The Morgan fingerprint density at radius 3 is 2.22 bits per heavy atom. The van der Waals surface area contributed by atoms with Crippen LogP contribution >= 0.6 is 0 Å². The lowest BCUT2D eigenvalue weighted by atomic mass is 9.99. The number of hydrogen-bond acceptors (Lipinski definition) is 9. The molecule has 0 saturated carbocycles. The van der Waals surface area contributed by atoms with Gasteiger partial charge in [0.2, 0.25) is 12.0 Å². The molecule has 3 aromatic rings. The molecule has 2 aromatic carbocycles. The van der Waals surface area contributed by atoms with Crippen LogP contribution in [0.4, 0.5) is 0 Å². The number of ether oxygens (including phenoxy) is 2. The van der Waals surface area contributed by atoms with Crippen LogP contribution in [0.25, 0.3) is 22.3 Å². The summed E-state index contributed by atoms with van der Waals surface area (Å²) in [5.74, 6) is -0.420. The van der Waals surface area contributed by atoms with Crippen molar-refractivity contribution in [2.45, 2.75) is 30.7 Å². The molecule has 2 heterocycles. The molecule has 10 nitrogen and oxygen atoms in total. The van der Waals surface area contributed by atoms with Crippen LogP contribution in [0.1, 0.15) is 0 Å². The van der Waals surface area contributed by atoms with E-state index in [-0.39, 0.29) is 52.1 Å². The predicted molar refractivity (Wildman–Crippen MR) is 105 cm³/mol. The molecule has 0 spiro atoms. The summed E-state index contributed by atoms with van der Waals surface area (Å²) in [6.45, 7) is -0.627. The van der Waals surface area contributed by atoms with E-state index in [1.54, 1.807) is 0 Å². The smallest absolute Gasteiger partial charge is 0.402 e. The molecular weight excluding hydrogens is 448 g/mol. The van der Waals surface area contributed by atoms with Crippen LogP contribution in [-0.2, 0) is 4.74 Å².